The van der Waals surface area contributed by atoms with Crippen molar-refractivity contribution in [2.24, 2.45) is 5.84 Å². The van der Waals surface area contributed by atoms with Gasteiger partial charge in [0.05, 0.1) is 6.61 Å². The van der Waals surface area contributed by atoms with Gasteiger partial charge >= 0.3 is 0 Å². The van der Waals surface area contributed by atoms with Crippen LogP contribution in [0, 0.1) is 5.82 Å². The van der Waals surface area contributed by atoms with E-state index in [2.05, 4.69) is 5.43 Å². The fourth-order valence-corrected chi connectivity index (χ4v) is 1.56. The highest BCUT2D eigenvalue weighted by Crippen LogP contribution is 2.15. The standard InChI is InChI=1S/C13H17FN2O3/c14-11-6-10(9-17)7-12(8-11)19-5-3-1-2-4-13(18)16-15/h6-9H,1-5,15H2,(H,16,18). The number of ether oxygens (including phenoxy) is 1. The Kier molecular flexibility index (Phi) is 6.52. The van der Waals surface area contributed by atoms with Crippen molar-refractivity contribution in [2.45, 2.75) is 25.7 Å². The van der Waals surface area contributed by atoms with Gasteiger partial charge in [-0.2, -0.15) is 0 Å². The summed E-state index contributed by atoms with van der Waals surface area (Å²) in [6.45, 7) is 0.409. The Morgan fingerprint density at radius 1 is 1.32 bits per heavy atom. The first kappa shape index (κ1) is 15.1. The normalized spacial score (nSPS) is 10.0. The van der Waals surface area contributed by atoms with E-state index >= 15 is 0 Å². The van der Waals surface area contributed by atoms with Crippen LogP contribution in [0.15, 0.2) is 18.2 Å². The number of hydrogen-bond acceptors (Lipinski definition) is 4. The van der Waals surface area contributed by atoms with Gasteiger partial charge in [-0.25, -0.2) is 10.2 Å². The third kappa shape index (κ3) is 5.96. The average Bonchev–Trinajstić information content (AvgIpc) is 2.41. The molecule has 0 spiro atoms. The summed E-state index contributed by atoms with van der Waals surface area (Å²) in [7, 11) is 0. The molecule has 0 atom stereocenters. The highest BCUT2D eigenvalue weighted by Gasteiger charge is 2.02. The summed E-state index contributed by atoms with van der Waals surface area (Å²) in [5.74, 6) is 4.58. The number of halogens is 1. The van der Waals surface area contributed by atoms with Crippen molar-refractivity contribution in [1.29, 1.82) is 0 Å². The van der Waals surface area contributed by atoms with Crippen LogP contribution in [0.3, 0.4) is 0 Å². The zero-order chi connectivity index (χ0) is 14.1. The summed E-state index contributed by atoms with van der Waals surface area (Å²) >= 11 is 0. The first-order valence-corrected chi connectivity index (χ1v) is 6.03. The predicted molar refractivity (Wildman–Crippen MR) is 68.1 cm³/mol. The van der Waals surface area contributed by atoms with E-state index in [9.17, 15) is 14.0 Å². The van der Waals surface area contributed by atoms with Crippen molar-refractivity contribution in [3.8, 4) is 5.75 Å². The number of nitrogens with two attached hydrogens (primary N) is 1. The molecule has 0 fully saturated rings. The molecule has 0 radical (unpaired) electrons. The van der Waals surface area contributed by atoms with Crippen LogP contribution in [-0.2, 0) is 4.79 Å². The van der Waals surface area contributed by atoms with E-state index in [0.29, 0.717) is 25.1 Å². The number of nitrogens with one attached hydrogen (secondary N) is 1. The van der Waals surface area contributed by atoms with Gasteiger partial charge in [0, 0.05) is 18.1 Å². The molecule has 0 saturated carbocycles. The molecule has 5 nitrogen and oxygen atoms in total. The Morgan fingerprint density at radius 3 is 2.79 bits per heavy atom. The van der Waals surface area contributed by atoms with E-state index in [1.54, 1.807) is 0 Å². The largest absolute Gasteiger partial charge is 0.493 e. The van der Waals surface area contributed by atoms with Crippen LogP contribution < -0.4 is 16.0 Å². The van der Waals surface area contributed by atoms with Crippen LogP contribution in [-0.4, -0.2) is 18.8 Å². The Labute approximate surface area is 110 Å². The molecule has 1 aromatic carbocycles. The fraction of sp³-hybridized carbons (Fsp3) is 0.385. The van der Waals surface area contributed by atoms with Crippen LogP contribution in [0.25, 0.3) is 0 Å². The lowest BCUT2D eigenvalue weighted by atomic mass is 10.2. The molecule has 1 amide bonds. The van der Waals surface area contributed by atoms with Gasteiger partial charge in [-0.15, -0.1) is 0 Å². The summed E-state index contributed by atoms with van der Waals surface area (Å²) in [5, 5.41) is 0. The molecule has 0 aliphatic carbocycles. The minimum Gasteiger partial charge on any atom is -0.493 e. The SMILES string of the molecule is NNC(=O)CCCCCOc1cc(F)cc(C=O)c1. The molecule has 19 heavy (non-hydrogen) atoms. The van der Waals surface area contributed by atoms with Gasteiger partial charge in [-0.05, 0) is 31.4 Å². The van der Waals surface area contributed by atoms with E-state index in [1.807, 2.05) is 0 Å². The molecule has 0 saturated heterocycles. The summed E-state index contributed by atoms with van der Waals surface area (Å²) in [6.07, 6.45) is 3.22. The van der Waals surface area contributed by atoms with E-state index < -0.39 is 5.82 Å². The van der Waals surface area contributed by atoms with Crippen molar-refractivity contribution in [1.82, 2.24) is 5.43 Å². The first-order chi connectivity index (χ1) is 9.15. The van der Waals surface area contributed by atoms with E-state index in [0.717, 1.165) is 25.3 Å². The maximum absolute atomic E-state index is 13.1. The van der Waals surface area contributed by atoms with Crippen LogP contribution in [0.4, 0.5) is 4.39 Å². The second-order valence-corrected chi connectivity index (χ2v) is 4.06. The zero-order valence-corrected chi connectivity index (χ0v) is 10.5. The topological polar surface area (TPSA) is 81.4 Å². The lowest BCUT2D eigenvalue weighted by molar-refractivity contribution is -0.121. The minimum absolute atomic E-state index is 0.193. The Bertz CT molecular complexity index is 438. The van der Waals surface area contributed by atoms with Crippen LogP contribution in [0.2, 0.25) is 0 Å². The number of amides is 1. The van der Waals surface area contributed by atoms with Crippen LogP contribution >= 0.6 is 0 Å². The summed E-state index contributed by atoms with van der Waals surface area (Å²) in [4.78, 5) is 21.4. The second-order valence-electron chi connectivity index (χ2n) is 4.06. The number of hydrogen-bond donors (Lipinski definition) is 2. The smallest absolute Gasteiger partial charge is 0.233 e. The van der Waals surface area contributed by atoms with Crippen molar-refractivity contribution < 1.29 is 18.7 Å². The number of carbonyl (C=O) groups excluding carboxylic acids is 2. The maximum Gasteiger partial charge on any atom is 0.233 e. The van der Waals surface area contributed by atoms with E-state index in [1.165, 1.54) is 12.1 Å². The molecular weight excluding hydrogens is 251 g/mol. The van der Waals surface area contributed by atoms with Crippen molar-refractivity contribution in [3.63, 3.8) is 0 Å². The number of carbonyl (C=O) groups is 2. The number of hydrazine groups is 1. The molecule has 104 valence electrons. The fourth-order valence-electron chi connectivity index (χ4n) is 1.56. The molecule has 6 heteroatoms. The first-order valence-electron chi connectivity index (χ1n) is 6.03. The van der Waals surface area contributed by atoms with E-state index in [-0.39, 0.29) is 11.5 Å². The molecule has 1 rings (SSSR count). The lowest BCUT2D eigenvalue weighted by Crippen LogP contribution is -2.29. The number of benzene rings is 1. The van der Waals surface area contributed by atoms with Gasteiger partial charge in [0.25, 0.3) is 0 Å². The Balaban J connectivity index is 2.24. The molecule has 1 aromatic rings. The van der Waals surface area contributed by atoms with Gasteiger partial charge in [-0.3, -0.25) is 15.0 Å². The third-order valence-corrected chi connectivity index (χ3v) is 2.51. The van der Waals surface area contributed by atoms with Crippen molar-refractivity contribution in [3.05, 3.63) is 29.6 Å². The van der Waals surface area contributed by atoms with Crippen molar-refractivity contribution in [2.75, 3.05) is 6.61 Å². The Morgan fingerprint density at radius 2 is 2.11 bits per heavy atom. The van der Waals surface area contributed by atoms with Crippen LogP contribution in [0.5, 0.6) is 5.75 Å². The Hall–Kier alpha value is -1.95. The van der Waals surface area contributed by atoms with E-state index in [4.69, 9.17) is 10.6 Å². The molecule has 0 unspecified atom stereocenters. The van der Waals surface area contributed by atoms with Crippen LogP contribution in [0.1, 0.15) is 36.0 Å². The maximum atomic E-state index is 13.1. The highest BCUT2D eigenvalue weighted by atomic mass is 19.1. The average molecular weight is 268 g/mol. The molecule has 0 aromatic heterocycles. The molecule has 3 N–H and O–H groups in total. The van der Waals surface area contributed by atoms with Crippen molar-refractivity contribution >= 4 is 12.2 Å². The number of unbranched alkanes of at least 4 members (excludes halogenated alkanes) is 2. The minimum atomic E-state index is -0.501. The quantitative estimate of drug-likeness (QED) is 0.246. The number of aldehydes is 1. The monoisotopic (exact) mass is 268 g/mol. The number of rotatable bonds is 8. The predicted octanol–water partition coefficient (Wildman–Crippen LogP) is 1.57. The zero-order valence-electron chi connectivity index (χ0n) is 10.5. The van der Waals surface area contributed by atoms with Gasteiger partial charge in [0.1, 0.15) is 17.9 Å². The molecule has 0 aliphatic heterocycles. The molecule has 0 aliphatic rings. The third-order valence-electron chi connectivity index (χ3n) is 2.51. The molecule has 0 bridgehead atoms. The van der Waals surface area contributed by atoms with Gasteiger partial charge in [-0.1, -0.05) is 0 Å². The summed E-state index contributed by atoms with van der Waals surface area (Å²) < 4.78 is 18.4. The van der Waals surface area contributed by atoms with Gasteiger partial charge in [0.2, 0.25) is 5.91 Å². The highest BCUT2D eigenvalue weighted by molar-refractivity contribution is 5.75. The summed E-state index contributed by atoms with van der Waals surface area (Å²) in [5.41, 5.74) is 2.30. The lowest BCUT2D eigenvalue weighted by Gasteiger charge is -2.06. The van der Waals surface area contributed by atoms with Gasteiger partial charge in [0.15, 0.2) is 0 Å². The molecular formula is C13H17FN2O3. The second kappa shape index (κ2) is 8.20. The summed E-state index contributed by atoms with van der Waals surface area (Å²) in [6, 6.07) is 3.86. The van der Waals surface area contributed by atoms with Gasteiger partial charge < -0.3 is 4.74 Å². The molecule has 0 heterocycles.